The molecule has 0 aromatic carbocycles. The van der Waals surface area contributed by atoms with Crippen molar-refractivity contribution in [1.82, 2.24) is 4.98 Å². The van der Waals surface area contributed by atoms with Gasteiger partial charge < -0.3 is 10.5 Å². The van der Waals surface area contributed by atoms with Crippen LogP contribution in [0.25, 0.3) is 0 Å². The molecule has 3 nitrogen and oxygen atoms in total. The van der Waals surface area contributed by atoms with Crippen LogP contribution in [0.15, 0.2) is 18.3 Å². The smallest absolute Gasteiger partial charge is 0.123 e. The Bertz CT molecular complexity index is 305. The van der Waals surface area contributed by atoms with Gasteiger partial charge in [-0.3, -0.25) is 0 Å². The summed E-state index contributed by atoms with van der Waals surface area (Å²) in [6, 6.07) is 3.91. The van der Waals surface area contributed by atoms with Crippen LogP contribution in [0.4, 0.5) is 5.82 Å². The van der Waals surface area contributed by atoms with Gasteiger partial charge in [0.25, 0.3) is 0 Å². The minimum absolute atomic E-state index is 0.0444. The van der Waals surface area contributed by atoms with Gasteiger partial charge in [0.05, 0.1) is 5.60 Å². The maximum atomic E-state index is 5.63. The number of pyridine rings is 1. The van der Waals surface area contributed by atoms with Crippen molar-refractivity contribution in [3.63, 3.8) is 0 Å². The molecule has 15 heavy (non-hydrogen) atoms. The lowest BCUT2D eigenvalue weighted by atomic mass is 10.1. The van der Waals surface area contributed by atoms with E-state index < -0.39 is 0 Å². The second kappa shape index (κ2) is 5.12. The number of aromatic nitrogens is 1. The second-order valence-electron chi connectivity index (χ2n) is 4.65. The number of nitrogens with two attached hydrogens (primary N) is 1. The monoisotopic (exact) mass is 208 g/mol. The molecule has 0 saturated heterocycles. The van der Waals surface area contributed by atoms with Crippen molar-refractivity contribution < 1.29 is 4.74 Å². The van der Waals surface area contributed by atoms with Crippen molar-refractivity contribution in [2.45, 2.75) is 39.2 Å². The molecule has 3 heteroatoms. The largest absolute Gasteiger partial charge is 0.384 e. The average Bonchev–Trinajstić information content (AvgIpc) is 2.11. The lowest BCUT2D eigenvalue weighted by Gasteiger charge is -2.19. The minimum Gasteiger partial charge on any atom is -0.384 e. The third-order valence-electron chi connectivity index (χ3n) is 1.99. The second-order valence-corrected chi connectivity index (χ2v) is 4.65. The van der Waals surface area contributed by atoms with Crippen molar-refractivity contribution in [1.29, 1.82) is 0 Å². The number of ether oxygens (including phenoxy) is 1. The Morgan fingerprint density at radius 3 is 2.73 bits per heavy atom. The van der Waals surface area contributed by atoms with E-state index in [1.807, 2.05) is 12.1 Å². The summed E-state index contributed by atoms with van der Waals surface area (Å²) in [6.07, 6.45) is 3.75. The van der Waals surface area contributed by atoms with E-state index in [1.54, 1.807) is 6.20 Å². The fourth-order valence-electron chi connectivity index (χ4n) is 1.30. The third kappa shape index (κ3) is 5.37. The lowest BCUT2D eigenvalue weighted by molar-refractivity contribution is -0.00384. The topological polar surface area (TPSA) is 48.1 Å². The van der Waals surface area contributed by atoms with E-state index in [0.29, 0.717) is 5.82 Å². The van der Waals surface area contributed by atoms with Crippen molar-refractivity contribution in [2.24, 2.45) is 0 Å². The highest BCUT2D eigenvalue weighted by molar-refractivity contribution is 5.31. The van der Waals surface area contributed by atoms with E-state index in [0.717, 1.165) is 19.4 Å². The Labute approximate surface area is 91.7 Å². The molecule has 0 atom stereocenters. The van der Waals surface area contributed by atoms with Gasteiger partial charge in [0.1, 0.15) is 5.82 Å². The van der Waals surface area contributed by atoms with E-state index in [2.05, 4.69) is 25.8 Å². The van der Waals surface area contributed by atoms with Gasteiger partial charge in [0, 0.05) is 12.8 Å². The van der Waals surface area contributed by atoms with Gasteiger partial charge in [0.2, 0.25) is 0 Å². The standard InChI is InChI=1S/C12H20N2O/c1-12(2,3)15-8-4-5-10-6-7-14-11(13)9-10/h6-7,9H,4-5,8H2,1-3H3,(H2,13,14). The van der Waals surface area contributed by atoms with Gasteiger partial charge in [-0.15, -0.1) is 0 Å². The fraction of sp³-hybridized carbons (Fsp3) is 0.583. The van der Waals surface area contributed by atoms with E-state index in [9.17, 15) is 0 Å². The molecule has 1 aromatic rings. The Kier molecular flexibility index (Phi) is 4.09. The first-order valence-electron chi connectivity index (χ1n) is 5.32. The summed E-state index contributed by atoms with van der Waals surface area (Å²) in [6.45, 7) is 6.98. The molecule has 0 unspecified atom stereocenters. The number of nitrogens with zero attached hydrogens (tertiary/aromatic N) is 1. The SMILES string of the molecule is CC(C)(C)OCCCc1ccnc(N)c1. The normalized spacial score (nSPS) is 11.7. The zero-order valence-electron chi connectivity index (χ0n) is 9.79. The molecule has 0 amide bonds. The molecular weight excluding hydrogens is 188 g/mol. The zero-order valence-corrected chi connectivity index (χ0v) is 9.79. The van der Waals surface area contributed by atoms with Gasteiger partial charge in [0.15, 0.2) is 0 Å². The molecule has 0 bridgehead atoms. The Hall–Kier alpha value is -1.09. The maximum Gasteiger partial charge on any atom is 0.123 e. The Balaban J connectivity index is 2.26. The lowest BCUT2D eigenvalue weighted by Crippen LogP contribution is -2.19. The van der Waals surface area contributed by atoms with Crippen molar-refractivity contribution in [2.75, 3.05) is 12.3 Å². The molecule has 1 aromatic heterocycles. The molecule has 1 rings (SSSR count). The predicted octanol–water partition coefficient (Wildman–Crippen LogP) is 2.41. The summed E-state index contributed by atoms with van der Waals surface area (Å²) in [5, 5.41) is 0. The van der Waals surface area contributed by atoms with Gasteiger partial charge in [-0.25, -0.2) is 4.98 Å². The first-order chi connectivity index (χ1) is 6.97. The quantitative estimate of drug-likeness (QED) is 0.773. The van der Waals surface area contributed by atoms with E-state index in [-0.39, 0.29) is 5.60 Å². The highest BCUT2D eigenvalue weighted by atomic mass is 16.5. The van der Waals surface area contributed by atoms with Crippen LogP contribution in [-0.2, 0) is 11.2 Å². The van der Waals surface area contributed by atoms with Crippen molar-refractivity contribution in [3.8, 4) is 0 Å². The van der Waals surface area contributed by atoms with E-state index in [4.69, 9.17) is 10.5 Å². The number of nitrogen functional groups attached to an aromatic ring is 1. The molecule has 0 fully saturated rings. The molecule has 84 valence electrons. The van der Waals surface area contributed by atoms with Crippen molar-refractivity contribution >= 4 is 5.82 Å². The fourth-order valence-corrected chi connectivity index (χ4v) is 1.30. The molecule has 0 radical (unpaired) electrons. The summed E-state index contributed by atoms with van der Waals surface area (Å²) >= 11 is 0. The van der Waals surface area contributed by atoms with Crippen LogP contribution in [0, 0.1) is 0 Å². The van der Waals surface area contributed by atoms with Crippen LogP contribution in [0.3, 0.4) is 0 Å². The number of hydrogen-bond acceptors (Lipinski definition) is 3. The molecule has 0 aliphatic rings. The summed E-state index contributed by atoms with van der Waals surface area (Å²) in [5.41, 5.74) is 6.77. The first-order valence-corrected chi connectivity index (χ1v) is 5.32. The van der Waals surface area contributed by atoms with Crippen molar-refractivity contribution in [3.05, 3.63) is 23.9 Å². The Morgan fingerprint density at radius 2 is 2.13 bits per heavy atom. The minimum atomic E-state index is -0.0444. The zero-order chi connectivity index (χ0) is 11.3. The average molecular weight is 208 g/mol. The summed E-state index contributed by atoms with van der Waals surface area (Å²) in [5.74, 6) is 0.587. The van der Waals surface area contributed by atoms with Crippen LogP contribution in [0.5, 0.6) is 0 Å². The van der Waals surface area contributed by atoms with Crippen LogP contribution < -0.4 is 5.73 Å². The number of rotatable bonds is 4. The molecule has 0 saturated carbocycles. The van der Waals surface area contributed by atoms with Crippen LogP contribution >= 0.6 is 0 Å². The van der Waals surface area contributed by atoms with Crippen LogP contribution in [0.1, 0.15) is 32.8 Å². The van der Waals surface area contributed by atoms with Gasteiger partial charge in [-0.05, 0) is 51.3 Å². The molecule has 1 heterocycles. The highest BCUT2D eigenvalue weighted by Crippen LogP contribution is 2.10. The summed E-state index contributed by atoms with van der Waals surface area (Å²) < 4.78 is 5.63. The number of hydrogen-bond donors (Lipinski definition) is 1. The molecule has 0 spiro atoms. The maximum absolute atomic E-state index is 5.63. The summed E-state index contributed by atoms with van der Waals surface area (Å²) in [7, 11) is 0. The van der Waals surface area contributed by atoms with Gasteiger partial charge in [-0.2, -0.15) is 0 Å². The highest BCUT2D eigenvalue weighted by Gasteiger charge is 2.08. The van der Waals surface area contributed by atoms with E-state index >= 15 is 0 Å². The molecule has 2 N–H and O–H groups in total. The Morgan fingerprint density at radius 1 is 1.40 bits per heavy atom. The third-order valence-corrected chi connectivity index (χ3v) is 1.99. The molecule has 0 aliphatic carbocycles. The predicted molar refractivity (Wildman–Crippen MR) is 62.7 cm³/mol. The molecular formula is C12H20N2O. The number of aryl methyl sites for hydroxylation is 1. The summed E-state index contributed by atoms with van der Waals surface area (Å²) in [4.78, 5) is 3.95. The molecule has 0 aliphatic heterocycles. The first kappa shape index (κ1) is 12.0. The van der Waals surface area contributed by atoms with Crippen LogP contribution in [0.2, 0.25) is 0 Å². The van der Waals surface area contributed by atoms with Crippen LogP contribution in [-0.4, -0.2) is 17.2 Å². The van der Waals surface area contributed by atoms with Gasteiger partial charge in [-0.1, -0.05) is 0 Å². The van der Waals surface area contributed by atoms with E-state index in [1.165, 1.54) is 5.56 Å². The number of anilines is 1. The van der Waals surface area contributed by atoms with Gasteiger partial charge >= 0.3 is 0 Å².